The Labute approximate surface area is 190 Å². The number of nitrogens with one attached hydrogen (secondary N) is 1. The van der Waals surface area contributed by atoms with Crippen LogP contribution in [0.15, 0.2) is 48.5 Å². The van der Waals surface area contributed by atoms with Crippen molar-refractivity contribution in [3.63, 3.8) is 0 Å². The lowest BCUT2D eigenvalue weighted by atomic mass is 9.96. The summed E-state index contributed by atoms with van der Waals surface area (Å²) in [6.45, 7) is 1.54. The number of fused-ring (bicyclic) bond motifs is 4. The predicted molar refractivity (Wildman–Crippen MR) is 127 cm³/mol. The molecule has 0 spiro atoms. The van der Waals surface area contributed by atoms with Crippen LogP contribution in [0.25, 0.3) is 32.8 Å². The molecular formula is C26H25FN4O2. The van der Waals surface area contributed by atoms with Gasteiger partial charge in [0.15, 0.2) is 5.82 Å². The van der Waals surface area contributed by atoms with Crippen molar-refractivity contribution in [1.29, 1.82) is 0 Å². The van der Waals surface area contributed by atoms with Crippen LogP contribution in [-0.4, -0.2) is 52.0 Å². The molecule has 3 aromatic carbocycles. The monoisotopic (exact) mass is 444 g/mol. The van der Waals surface area contributed by atoms with Crippen LogP contribution < -0.4 is 10.2 Å². The summed E-state index contributed by atoms with van der Waals surface area (Å²) in [5.74, 6) is 0.809. The highest BCUT2D eigenvalue weighted by atomic mass is 19.1. The van der Waals surface area contributed by atoms with E-state index in [0.717, 1.165) is 42.5 Å². The molecule has 6 nitrogen and oxygen atoms in total. The SMILES string of the molecule is OCCc1nc(N2C[C@H]3CC[C@@H](C2)N3)c2ccc(-c3cc(O)cc4ccccc34)c(F)c2n1. The number of halogens is 1. The zero-order valence-electron chi connectivity index (χ0n) is 18.1. The first-order valence-corrected chi connectivity index (χ1v) is 11.4. The van der Waals surface area contributed by atoms with E-state index in [1.807, 2.05) is 30.3 Å². The number of piperazine rings is 1. The molecule has 1 aromatic heterocycles. The average molecular weight is 445 g/mol. The van der Waals surface area contributed by atoms with Crippen molar-refractivity contribution >= 4 is 27.5 Å². The van der Waals surface area contributed by atoms with E-state index < -0.39 is 5.82 Å². The van der Waals surface area contributed by atoms with Crippen LogP contribution in [0.5, 0.6) is 5.75 Å². The fraction of sp³-hybridized carbons (Fsp3) is 0.308. The third-order valence-electron chi connectivity index (χ3n) is 6.82. The summed E-state index contributed by atoms with van der Waals surface area (Å²) in [5, 5.41) is 25.8. The third kappa shape index (κ3) is 3.48. The Morgan fingerprint density at radius 2 is 1.76 bits per heavy atom. The van der Waals surface area contributed by atoms with Crippen LogP contribution in [0.1, 0.15) is 18.7 Å². The van der Waals surface area contributed by atoms with Gasteiger partial charge in [-0.25, -0.2) is 14.4 Å². The van der Waals surface area contributed by atoms with Crippen molar-refractivity contribution in [3.05, 3.63) is 60.2 Å². The van der Waals surface area contributed by atoms with Gasteiger partial charge in [-0.1, -0.05) is 30.3 Å². The molecule has 7 heteroatoms. The summed E-state index contributed by atoms with van der Waals surface area (Å²) in [7, 11) is 0. The van der Waals surface area contributed by atoms with Gasteiger partial charge in [-0.2, -0.15) is 0 Å². The second-order valence-electron chi connectivity index (χ2n) is 9.02. The molecule has 0 radical (unpaired) electrons. The quantitative estimate of drug-likeness (QED) is 0.445. The van der Waals surface area contributed by atoms with E-state index in [-0.39, 0.29) is 24.3 Å². The van der Waals surface area contributed by atoms with E-state index in [0.29, 0.717) is 34.4 Å². The van der Waals surface area contributed by atoms with Gasteiger partial charge in [-0.3, -0.25) is 0 Å². The van der Waals surface area contributed by atoms with Crippen LogP contribution in [0.2, 0.25) is 0 Å². The fourth-order valence-electron chi connectivity index (χ4n) is 5.34. The Balaban J connectivity index is 1.55. The minimum absolute atomic E-state index is 0.0869. The Bertz CT molecular complexity index is 1360. The minimum atomic E-state index is -0.441. The van der Waals surface area contributed by atoms with Crippen molar-refractivity contribution in [2.45, 2.75) is 31.3 Å². The molecule has 33 heavy (non-hydrogen) atoms. The molecule has 3 N–H and O–H groups in total. The lowest BCUT2D eigenvalue weighted by Gasteiger charge is -2.34. The van der Waals surface area contributed by atoms with Gasteiger partial charge in [-0.15, -0.1) is 0 Å². The van der Waals surface area contributed by atoms with Gasteiger partial charge in [0.05, 0.1) is 6.61 Å². The molecule has 0 unspecified atom stereocenters. The van der Waals surface area contributed by atoms with E-state index in [2.05, 4.69) is 15.2 Å². The summed E-state index contributed by atoms with van der Waals surface area (Å²) >= 11 is 0. The maximum atomic E-state index is 16.1. The van der Waals surface area contributed by atoms with Crippen LogP contribution >= 0.6 is 0 Å². The molecule has 4 aromatic rings. The number of aliphatic hydroxyl groups is 1. The van der Waals surface area contributed by atoms with Crippen molar-refractivity contribution in [1.82, 2.24) is 15.3 Å². The number of benzene rings is 3. The number of anilines is 1. The highest BCUT2D eigenvalue weighted by Gasteiger charge is 2.34. The molecule has 2 aliphatic rings. The Morgan fingerprint density at radius 1 is 0.970 bits per heavy atom. The van der Waals surface area contributed by atoms with Crippen LogP contribution in [-0.2, 0) is 6.42 Å². The van der Waals surface area contributed by atoms with Crippen molar-refractivity contribution < 1.29 is 14.6 Å². The lowest BCUT2D eigenvalue weighted by molar-refractivity contribution is 0.296. The first-order valence-electron chi connectivity index (χ1n) is 11.4. The second-order valence-corrected chi connectivity index (χ2v) is 9.02. The number of phenols is 1. The molecule has 2 fully saturated rings. The average Bonchev–Trinajstić information content (AvgIpc) is 3.16. The molecule has 0 saturated carbocycles. The number of aliphatic hydroxyl groups excluding tert-OH is 1. The fourth-order valence-corrected chi connectivity index (χ4v) is 5.34. The van der Waals surface area contributed by atoms with Crippen LogP contribution in [0, 0.1) is 5.82 Å². The number of hydrogen-bond acceptors (Lipinski definition) is 6. The molecule has 0 aliphatic carbocycles. The molecule has 3 heterocycles. The van der Waals surface area contributed by atoms with Gasteiger partial charge >= 0.3 is 0 Å². The molecule has 168 valence electrons. The predicted octanol–water partition coefficient (Wildman–Crippen LogP) is 3.77. The van der Waals surface area contributed by atoms with Gasteiger partial charge < -0.3 is 20.4 Å². The molecule has 6 rings (SSSR count). The van der Waals surface area contributed by atoms with Crippen LogP contribution in [0.3, 0.4) is 0 Å². The summed E-state index contributed by atoms with van der Waals surface area (Å²) in [6, 6.07) is 15.4. The summed E-state index contributed by atoms with van der Waals surface area (Å²) in [5.41, 5.74) is 1.25. The smallest absolute Gasteiger partial charge is 0.157 e. The molecule has 2 aliphatic heterocycles. The Kier molecular flexibility index (Phi) is 4.89. The number of aromatic hydroxyl groups is 1. The Morgan fingerprint density at radius 3 is 2.55 bits per heavy atom. The van der Waals surface area contributed by atoms with Crippen LogP contribution in [0.4, 0.5) is 10.2 Å². The molecular weight excluding hydrogens is 419 g/mol. The van der Waals surface area contributed by atoms with E-state index in [1.165, 1.54) is 0 Å². The largest absolute Gasteiger partial charge is 0.508 e. The molecule has 2 saturated heterocycles. The van der Waals surface area contributed by atoms with Gasteiger partial charge in [0.2, 0.25) is 0 Å². The zero-order valence-corrected chi connectivity index (χ0v) is 18.1. The lowest BCUT2D eigenvalue weighted by Crippen LogP contribution is -2.51. The third-order valence-corrected chi connectivity index (χ3v) is 6.82. The first kappa shape index (κ1) is 20.3. The van der Waals surface area contributed by atoms with E-state index in [1.54, 1.807) is 18.2 Å². The summed E-state index contributed by atoms with van der Waals surface area (Å²) < 4.78 is 16.1. The minimum Gasteiger partial charge on any atom is -0.508 e. The summed E-state index contributed by atoms with van der Waals surface area (Å²) in [4.78, 5) is 11.5. The first-order chi connectivity index (χ1) is 16.1. The molecule has 2 bridgehead atoms. The van der Waals surface area contributed by atoms with Gasteiger partial charge in [0.1, 0.15) is 22.9 Å². The van der Waals surface area contributed by atoms with E-state index in [4.69, 9.17) is 4.98 Å². The second kappa shape index (κ2) is 7.93. The van der Waals surface area contributed by atoms with Gasteiger partial charge in [0.25, 0.3) is 0 Å². The Hall–Kier alpha value is -3.29. The van der Waals surface area contributed by atoms with E-state index >= 15 is 4.39 Å². The number of hydrogen-bond donors (Lipinski definition) is 3. The van der Waals surface area contributed by atoms with Gasteiger partial charge in [0, 0.05) is 42.5 Å². The normalized spacial score (nSPS) is 20.1. The van der Waals surface area contributed by atoms with Gasteiger partial charge in [-0.05, 0) is 47.4 Å². The summed E-state index contributed by atoms with van der Waals surface area (Å²) in [6.07, 6.45) is 2.54. The van der Waals surface area contributed by atoms with E-state index in [9.17, 15) is 10.2 Å². The van der Waals surface area contributed by atoms with Crippen molar-refractivity contribution in [2.24, 2.45) is 0 Å². The molecule has 0 amide bonds. The topological polar surface area (TPSA) is 81.5 Å². The number of phenolic OH excluding ortho intramolecular Hbond substituents is 1. The number of aromatic nitrogens is 2. The standard InChI is InChI=1S/C26H25FN4O2/c27-24-20(22-12-18(33)11-15-3-1-2-4-19(15)22)7-8-21-25(24)29-23(9-10-32)30-26(21)31-13-16-5-6-17(14-31)28-16/h1-4,7-8,11-12,16-17,28,32-33H,5-6,9-10,13-14H2/t16-,17+. The zero-order chi connectivity index (χ0) is 22.5. The highest BCUT2D eigenvalue weighted by molar-refractivity contribution is 6.01. The van der Waals surface area contributed by atoms with Crippen molar-refractivity contribution in [2.75, 3.05) is 24.6 Å². The maximum Gasteiger partial charge on any atom is 0.157 e. The highest BCUT2D eigenvalue weighted by Crippen LogP contribution is 2.38. The number of rotatable bonds is 4. The molecule has 2 atom stereocenters. The number of nitrogens with zero attached hydrogens (tertiary/aromatic N) is 3. The maximum absolute atomic E-state index is 16.1. The van der Waals surface area contributed by atoms with Crippen molar-refractivity contribution in [3.8, 4) is 16.9 Å².